The molecule has 2 aliphatic heterocycles. The number of aromatic nitrogens is 2. The third-order valence-corrected chi connectivity index (χ3v) is 7.64. The number of fused-ring (bicyclic) bond motifs is 2. The molecule has 1 amide bonds. The topological polar surface area (TPSA) is 92.6 Å². The number of hydrogen-bond acceptors (Lipinski definition) is 7. The fourth-order valence-electron chi connectivity index (χ4n) is 5.07. The van der Waals surface area contributed by atoms with Gasteiger partial charge in [-0.2, -0.15) is 0 Å². The summed E-state index contributed by atoms with van der Waals surface area (Å²) in [5, 5.41) is 11.8. The van der Waals surface area contributed by atoms with E-state index >= 15 is 0 Å². The van der Waals surface area contributed by atoms with Gasteiger partial charge in [-0.15, -0.1) is 0 Å². The lowest BCUT2D eigenvalue weighted by molar-refractivity contribution is -0.132. The van der Waals surface area contributed by atoms with Gasteiger partial charge in [-0.1, -0.05) is 23.5 Å². The summed E-state index contributed by atoms with van der Waals surface area (Å²) in [4.78, 5) is 37.2. The van der Waals surface area contributed by atoms with Crippen molar-refractivity contribution in [3.05, 3.63) is 88.2 Å². The number of ketones is 1. The number of nitrogens with zero attached hydrogens (tertiary/aromatic N) is 3. The van der Waals surface area contributed by atoms with Crippen LogP contribution in [0, 0.1) is 13.8 Å². The predicted molar refractivity (Wildman–Crippen MR) is 138 cm³/mol. The second-order valence-corrected chi connectivity index (χ2v) is 10.3. The van der Waals surface area contributed by atoms with Crippen LogP contribution in [0.3, 0.4) is 0 Å². The maximum Gasteiger partial charge on any atom is 0.301 e. The Kier molecular flexibility index (Phi) is 5.15. The van der Waals surface area contributed by atoms with Gasteiger partial charge in [0, 0.05) is 24.4 Å². The molecule has 2 aromatic heterocycles. The number of aliphatic hydroxyl groups is 1. The number of aliphatic hydroxyl groups excluding tert-OH is 1. The maximum atomic E-state index is 13.5. The fraction of sp³-hybridized carbons (Fsp3) is 0.214. The molecule has 36 heavy (non-hydrogen) atoms. The molecule has 1 fully saturated rings. The molecule has 2 aromatic carbocycles. The molecule has 7 nitrogen and oxygen atoms in total. The second kappa shape index (κ2) is 8.27. The number of anilines is 1. The van der Waals surface area contributed by atoms with Crippen LogP contribution in [0.4, 0.5) is 5.13 Å². The van der Waals surface area contributed by atoms with Crippen LogP contribution in [0.15, 0.2) is 60.4 Å². The van der Waals surface area contributed by atoms with E-state index in [2.05, 4.69) is 4.98 Å². The number of rotatable bonds is 3. The molecular weight excluding hydrogens is 474 g/mol. The Bertz CT molecular complexity index is 1590. The standard InChI is InChI=1S/C28H23N3O4S/c1-14-9-15(2)23-21(10-14)36-28(30-23)31-24(18-5-4-8-29-13-18)22(26(33)27(31)34)25(32)17-6-7-20-19(12-17)11-16(3)35-20/h4-10,12-13,16,24,32H,11H2,1-3H3/t16-,24-/m1/s1. The maximum absolute atomic E-state index is 13.5. The first-order valence-electron chi connectivity index (χ1n) is 11.7. The van der Waals surface area contributed by atoms with Gasteiger partial charge in [0.15, 0.2) is 5.13 Å². The van der Waals surface area contributed by atoms with Crippen LogP contribution in [-0.2, 0) is 16.0 Å². The van der Waals surface area contributed by atoms with Crippen molar-refractivity contribution in [2.24, 2.45) is 0 Å². The molecule has 180 valence electrons. The highest BCUT2D eigenvalue weighted by atomic mass is 32.1. The predicted octanol–water partition coefficient (Wildman–Crippen LogP) is 5.26. The van der Waals surface area contributed by atoms with Crippen LogP contribution in [0.1, 0.15) is 40.8 Å². The molecule has 1 N–H and O–H groups in total. The monoisotopic (exact) mass is 497 g/mol. The number of amides is 1. The zero-order chi connectivity index (χ0) is 25.1. The normalized spacial score (nSPS) is 20.7. The Morgan fingerprint density at radius 3 is 2.78 bits per heavy atom. The average molecular weight is 498 g/mol. The molecular formula is C28H23N3O4S. The van der Waals surface area contributed by atoms with Gasteiger partial charge in [-0.3, -0.25) is 19.5 Å². The molecule has 8 heteroatoms. The second-order valence-electron chi connectivity index (χ2n) is 9.34. The summed E-state index contributed by atoms with van der Waals surface area (Å²) in [5.41, 5.74) is 4.94. The highest BCUT2D eigenvalue weighted by Gasteiger charge is 2.48. The molecule has 1 saturated heterocycles. The van der Waals surface area contributed by atoms with Gasteiger partial charge in [0.25, 0.3) is 5.78 Å². The summed E-state index contributed by atoms with van der Waals surface area (Å²) < 4.78 is 6.71. The SMILES string of the molecule is Cc1cc(C)c2nc(N3C(=O)C(=O)C(=C(O)c4ccc5c(c4)C[C@@H](C)O5)[C@H]3c3cccnc3)sc2c1. The molecule has 0 spiro atoms. The van der Waals surface area contributed by atoms with E-state index in [1.165, 1.54) is 16.2 Å². The smallest absolute Gasteiger partial charge is 0.301 e. The lowest BCUT2D eigenvalue weighted by Crippen LogP contribution is -2.29. The van der Waals surface area contributed by atoms with E-state index in [-0.39, 0.29) is 17.4 Å². The number of benzene rings is 2. The molecule has 0 radical (unpaired) electrons. The van der Waals surface area contributed by atoms with Gasteiger partial charge in [0.05, 0.1) is 21.8 Å². The van der Waals surface area contributed by atoms with E-state index in [9.17, 15) is 14.7 Å². The molecule has 4 heterocycles. The highest BCUT2D eigenvalue weighted by Crippen LogP contribution is 2.45. The van der Waals surface area contributed by atoms with Crippen molar-refractivity contribution in [2.45, 2.75) is 39.3 Å². The minimum Gasteiger partial charge on any atom is -0.507 e. The van der Waals surface area contributed by atoms with Crippen LogP contribution >= 0.6 is 11.3 Å². The van der Waals surface area contributed by atoms with Gasteiger partial charge >= 0.3 is 5.91 Å². The van der Waals surface area contributed by atoms with Crippen molar-refractivity contribution < 1.29 is 19.4 Å². The van der Waals surface area contributed by atoms with Gasteiger partial charge in [-0.25, -0.2) is 4.98 Å². The molecule has 0 unspecified atom stereocenters. The third kappa shape index (κ3) is 3.48. The van der Waals surface area contributed by atoms with E-state index in [0.29, 0.717) is 22.7 Å². The molecule has 2 aliphatic rings. The number of Topliss-reactive ketones (excluding diaryl/α,β-unsaturated/α-hetero) is 1. The number of carbonyl (C=O) groups excluding carboxylic acids is 2. The van der Waals surface area contributed by atoms with E-state index in [4.69, 9.17) is 9.72 Å². The van der Waals surface area contributed by atoms with Crippen molar-refractivity contribution in [3.63, 3.8) is 0 Å². The van der Waals surface area contributed by atoms with Crippen molar-refractivity contribution in [3.8, 4) is 5.75 Å². The minimum absolute atomic E-state index is 0.0204. The van der Waals surface area contributed by atoms with E-state index in [1.807, 2.05) is 39.0 Å². The van der Waals surface area contributed by atoms with Crippen LogP contribution in [-0.4, -0.2) is 32.9 Å². The van der Waals surface area contributed by atoms with Crippen LogP contribution in [0.25, 0.3) is 16.0 Å². The quantitative estimate of drug-likeness (QED) is 0.236. The van der Waals surface area contributed by atoms with Gasteiger partial charge in [0.1, 0.15) is 17.6 Å². The highest BCUT2D eigenvalue weighted by molar-refractivity contribution is 7.22. The molecule has 4 aromatic rings. The molecule has 0 bridgehead atoms. The zero-order valence-corrected chi connectivity index (χ0v) is 20.8. The van der Waals surface area contributed by atoms with Gasteiger partial charge < -0.3 is 9.84 Å². The molecule has 0 aliphatic carbocycles. The van der Waals surface area contributed by atoms with E-state index in [0.717, 1.165) is 32.7 Å². The molecule has 2 atom stereocenters. The number of hydrogen-bond donors (Lipinski definition) is 1. The first kappa shape index (κ1) is 22.4. The number of carbonyl (C=O) groups is 2. The van der Waals surface area contributed by atoms with E-state index < -0.39 is 17.7 Å². The van der Waals surface area contributed by atoms with Crippen molar-refractivity contribution >= 4 is 44.1 Å². The van der Waals surface area contributed by atoms with Crippen molar-refractivity contribution in [1.82, 2.24) is 9.97 Å². The third-order valence-electron chi connectivity index (χ3n) is 6.64. The number of ether oxygens (including phenoxy) is 1. The number of aryl methyl sites for hydroxylation is 2. The first-order chi connectivity index (χ1) is 17.3. The van der Waals surface area contributed by atoms with Crippen LogP contribution < -0.4 is 9.64 Å². The average Bonchev–Trinajstić information content (AvgIpc) is 3.52. The lowest BCUT2D eigenvalue weighted by Gasteiger charge is -2.22. The van der Waals surface area contributed by atoms with E-state index in [1.54, 1.807) is 36.7 Å². The minimum atomic E-state index is -0.857. The first-order valence-corrected chi connectivity index (χ1v) is 12.5. The largest absolute Gasteiger partial charge is 0.507 e. The zero-order valence-electron chi connectivity index (χ0n) is 20.0. The van der Waals surface area contributed by atoms with Crippen LogP contribution in [0.2, 0.25) is 0 Å². The van der Waals surface area contributed by atoms with Gasteiger partial charge in [-0.05, 0) is 73.4 Å². The summed E-state index contributed by atoms with van der Waals surface area (Å²) in [5.74, 6) is -0.931. The summed E-state index contributed by atoms with van der Waals surface area (Å²) >= 11 is 1.35. The Hall–Kier alpha value is -4.04. The van der Waals surface area contributed by atoms with Crippen molar-refractivity contribution in [1.29, 1.82) is 0 Å². The lowest BCUT2D eigenvalue weighted by atomic mass is 9.95. The summed E-state index contributed by atoms with van der Waals surface area (Å²) in [6, 6.07) is 12.1. The summed E-state index contributed by atoms with van der Waals surface area (Å²) in [7, 11) is 0. The van der Waals surface area contributed by atoms with Crippen molar-refractivity contribution in [2.75, 3.05) is 4.90 Å². The van der Waals surface area contributed by atoms with Crippen LogP contribution in [0.5, 0.6) is 5.75 Å². The Morgan fingerprint density at radius 1 is 1.17 bits per heavy atom. The Morgan fingerprint density at radius 2 is 2.00 bits per heavy atom. The molecule has 0 saturated carbocycles. The fourth-order valence-corrected chi connectivity index (χ4v) is 6.24. The number of pyridine rings is 1. The summed E-state index contributed by atoms with van der Waals surface area (Å²) in [6.45, 7) is 5.97. The van der Waals surface area contributed by atoms with Gasteiger partial charge in [0.2, 0.25) is 0 Å². The Balaban J connectivity index is 1.54. The molecule has 6 rings (SSSR count). The number of thiazole rings is 1. The summed E-state index contributed by atoms with van der Waals surface area (Å²) in [6.07, 6.45) is 3.99. The Labute approximate surface area is 211 Å².